The zero-order chi connectivity index (χ0) is 25.6. The van der Waals surface area contributed by atoms with Gasteiger partial charge in [0, 0.05) is 48.9 Å². The maximum Gasteiger partial charge on any atom is 0.256 e. The summed E-state index contributed by atoms with van der Waals surface area (Å²) in [7, 11) is 0. The summed E-state index contributed by atoms with van der Waals surface area (Å²) in [6.45, 7) is 3.10. The van der Waals surface area contributed by atoms with Gasteiger partial charge >= 0.3 is 0 Å². The van der Waals surface area contributed by atoms with Crippen molar-refractivity contribution in [2.45, 2.75) is 64.0 Å². The third kappa shape index (κ3) is 6.16. The number of carbonyl (C=O) groups is 2. The Labute approximate surface area is 218 Å². The molecule has 3 aromatic rings. The minimum Gasteiger partial charge on any atom is -0.508 e. The van der Waals surface area contributed by atoms with Crippen LogP contribution in [-0.4, -0.2) is 58.7 Å². The Morgan fingerprint density at radius 1 is 0.973 bits per heavy atom. The highest BCUT2D eigenvalue weighted by Crippen LogP contribution is 2.27. The SMILES string of the molecule is O=C(NC1CCCCC1)c1ccc(CCCCn2cc(C(=O)N3CCOCC3)c3ccc(O)cc32)cc1. The number of unbranched alkanes of at least 4 members (excludes halogenated alkanes) is 1. The molecular formula is C30H37N3O4. The van der Waals surface area contributed by atoms with E-state index >= 15 is 0 Å². The molecule has 2 fully saturated rings. The Morgan fingerprint density at radius 2 is 1.73 bits per heavy atom. The van der Waals surface area contributed by atoms with Gasteiger partial charge in [0.2, 0.25) is 0 Å². The quantitative estimate of drug-likeness (QED) is 0.428. The minimum atomic E-state index is 0.0188. The normalized spacial score (nSPS) is 16.7. The van der Waals surface area contributed by atoms with Gasteiger partial charge in [-0.2, -0.15) is 0 Å². The average Bonchev–Trinajstić information content (AvgIpc) is 3.29. The summed E-state index contributed by atoms with van der Waals surface area (Å²) in [6.07, 6.45) is 10.6. The van der Waals surface area contributed by atoms with E-state index in [1.807, 2.05) is 29.3 Å². The van der Waals surface area contributed by atoms with Crippen LogP contribution in [0.25, 0.3) is 10.9 Å². The van der Waals surface area contributed by atoms with Gasteiger partial charge in [-0.05, 0) is 61.9 Å². The first-order valence-electron chi connectivity index (χ1n) is 13.7. The largest absolute Gasteiger partial charge is 0.508 e. The molecule has 37 heavy (non-hydrogen) atoms. The van der Waals surface area contributed by atoms with Crippen LogP contribution in [0.2, 0.25) is 0 Å². The van der Waals surface area contributed by atoms with Crippen LogP contribution >= 0.6 is 0 Å². The number of rotatable bonds is 8. The zero-order valence-corrected chi connectivity index (χ0v) is 21.5. The Kier molecular flexibility index (Phi) is 8.09. The minimum absolute atomic E-state index is 0.0188. The highest BCUT2D eigenvalue weighted by atomic mass is 16.5. The second-order valence-corrected chi connectivity index (χ2v) is 10.3. The number of hydrogen-bond acceptors (Lipinski definition) is 4. The number of nitrogens with one attached hydrogen (secondary N) is 1. The van der Waals surface area contributed by atoms with Crippen LogP contribution < -0.4 is 5.32 Å². The molecule has 2 aromatic carbocycles. The molecular weight excluding hydrogens is 466 g/mol. The molecule has 2 N–H and O–H groups in total. The van der Waals surface area contributed by atoms with Crippen LogP contribution in [0.5, 0.6) is 5.75 Å². The molecule has 1 aliphatic carbocycles. The monoisotopic (exact) mass is 503 g/mol. The Morgan fingerprint density at radius 3 is 2.49 bits per heavy atom. The van der Waals surface area contributed by atoms with E-state index in [0.717, 1.165) is 55.1 Å². The number of carbonyl (C=O) groups excluding carboxylic acids is 2. The van der Waals surface area contributed by atoms with E-state index in [9.17, 15) is 14.7 Å². The summed E-state index contributed by atoms with van der Waals surface area (Å²) < 4.78 is 7.48. The fourth-order valence-electron chi connectivity index (χ4n) is 5.52. The highest BCUT2D eigenvalue weighted by Gasteiger charge is 2.23. The molecule has 2 aliphatic rings. The standard InChI is InChI=1S/C30H37N3O4/c34-25-13-14-26-27(30(36)32-16-18-37-19-17-32)21-33(28(26)20-25)15-5-4-6-22-9-11-23(12-10-22)29(35)31-24-7-2-1-3-8-24/h9-14,20-21,24,34H,1-8,15-19H2,(H,31,35). The smallest absolute Gasteiger partial charge is 0.256 e. The van der Waals surface area contributed by atoms with E-state index in [4.69, 9.17) is 4.74 Å². The molecule has 5 rings (SSSR count). The van der Waals surface area contributed by atoms with Gasteiger partial charge in [-0.1, -0.05) is 31.4 Å². The summed E-state index contributed by atoms with van der Waals surface area (Å²) in [5, 5.41) is 14.1. The third-order valence-corrected chi connectivity index (χ3v) is 7.67. The van der Waals surface area contributed by atoms with E-state index in [-0.39, 0.29) is 17.6 Å². The molecule has 1 saturated carbocycles. The van der Waals surface area contributed by atoms with Gasteiger partial charge in [-0.15, -0.1) is 0 Å². The van der Waals surface area contributed by atoms with E-state index in [1.54, 1.807) is 12.1 Å². The van der Waals surface area contributed by atoms with Crippen molar-refractivity contribution in [3.63, 3.8) is 0 Å². The van der Waals surface area contributed by atoms with Crippen LogP contribution in [0.1, 0.15) is 71.2 Å². The third-order valence-electron chi connectivity index (χ3n) is 7.67. The first-order valence-corrected chi connectivity index (χ1v) is 13.7. The lowest BCUT2D eigenvalue weighted by atomic mass is 9.95. The maximum atomic E-state index is 13.2. The average molecular weight is 504 g/mol. The molecule has 0 unspecified atom stereocenters. The van der Waals surface area contributed by atoms with Crippen LogP contribution in [-0.2, 0) is 17.7 Å². The van der Waals surface area contributed by atoms with E-state index in [0.29, 0.717) is 37.9 Å². The molecule has 2 amide bonds. The fraction of sp³-hybridized carbons (Fsp3) is 0.467. The van der Waals surface area contributed by atoms with Crippen molar-refractivity contribution in [2.75, 3.05) is 26.3 Å². The van der Waals surface area contributed by atoms with Gasteiger partial charge in [-0.3, -0.25) is 9.59 Å². The molecule has 0 radical (unpaired) electrons. The predicted molar refractivity (Wildman–Crippen MR) is 144 cm³/mol. The Bertz CT molecular complexity index is 1220. The second kappa shape index (κ2) is 11.8. The Hall–Kier alpha value is -3.32. The van der Waals surface area contributed by atoms with Crippen molar-refractivity contribution in [2.24, 2.45) is 0 Å². The van der Waals surface area contributed by atoms with Crippen LogP contribution in [0, 0.1) is 0 Å². The number of aryl methyl sites for hydroxylation is 2. The number of amides is 2. The number of hydrogen-bond donors (Lipinski definition) is 2. The number of morpholine rings is 1. The number of ether oxygens (including phenoxy) is 1. The Balaban J connectivity index is 1.17. The number of aromatic hydroxyl groups is 1. The maximum absolute atomic E-state index is 13.2. The van der Waals surface area contributed by atoms with E-state index < -0.39 is 0 Å². The lowest BCUT2D eigenvalue weighted by Gasteiger charge is -2.26. The molecule has 7 heteroatoms. The summed E-state index contributed by atoms with van der Waals surface area (Å²) in [6, 6.07) is 13.5. The summed E-state index contributed by atoms with van der Waals surface area (Å²) >= 11 is 0. The topological polar surface area (TPSA) is 83.8 Å². The van der Waals surface area contributed by atoms with Gasteiger partial charge < -0.3 is 24.6 Å². The number of aromatic nitrogens is 1. The van der Waals surface area contributed by atoms with Crippen molar-refractivity contribution in [3.8, 4) is 5.75 Å². The highest BCUT2D eigenvalue weighted by molar-refractivity contribution is 6.07. The van der Waals surface area contributed by atoms with Crippen LogP contribution in [0.4, 0.5) is 0 Å². The van der Waals surface area contributed by atoms with Crippen molar-refractivity contribution in [1.29, 1.82) is 0 Å². The number of phenols is 1. The number of fused-ring (bicyclic) bond motifs is 1. The fourth-order valence-corrected chi connectivity index (χ4v) is 5.52. The van der Waals surface area contributed by atoms with Crippen LogP contribution in [0.15, 0.2) is 48.7 Å². The lowest BCUT2D eigenvalue weighted by molar-refractivity contribution is 0.0304. The molecule has 1 saturated heterocycles. The van der Waals surface area contributed by atoms with E-state index in [2.05, 4.69) is 22.0 Å². The molecule has 0 spiro atoms. The first-order chi connectivity index (χ1) is 18.1. The van der Waals surface area contributed by atoms with Gasteiger partial charge in [0.15, 0.2) is 0 Å². The number of phenolic OH excluding ortho intramolecular Hbond substituents is 1. The first kappa shape index (κ1) is 25.3. The van der Waals surface area contributed by atoms with E-state index in [1.165, 1.54) is 24.8 Å². The summed E-state index contributed by atoms with van der Waals surface area (Å²) in [4.78, 5) is 27.6. The van der Waals surface area contributed by atoms with Gasteiger partial charge in [0.1, 0.15) is 5.75 Å². The molecule has 196 valence electrons. The predicted octanol–water partition coefficient (Wildman–Crippen LogP) is 4.90. The number of benzene rings is 2. The second-order valence-electron chi connectivity index (χ2n) is 10.3. The lowest BCUT2D eigenvalue weighted by Crippen LogP contribution is -2.40. The van der Waals surface area contributed by atoms with Gasteiger partial charge in [0.05, 0.1) is 24.3 Å². The summed E-state index contributed by atoms with van der Waals surface area (Å²) in [5.74, 6) is 0.249. The van der Waals surface area contributed by atoms with Crippen molar-refractivity contribution in [1.82, 2.24) is 14.8 Å². The van der Waals surface area contributed by atoms with Crippen LogP contribution in [0.3, 0.4) is 0 Å². The van der Waals surface area contributed by atoms with Gasteiger partial charge in [0.25, 0.3) is 11.8 Å². The molecule has 0 atom stereocenters. The summed E-state index contributed by atoms with van der Waals surface area (Å²) in [5.41, 5.74) is 3.50. The number of nitrogens with zero attached hydrogens (tertiary/aromatic N) is 2. The molecule has 1 aliphatic heterocycles. The van der Waals surface area contributed by atoms with Crippen molar-refractivity contribution < 1.29 is 19.4 Å². The molecule has 7 nitrogen and oxygen atoms in total. The van der Waals surface area contributed by atoms with Gasteiger partial charge in [-0.25, -0.2) is 0 Å². The molecule has 1 aromatic heterocycles. The molecule has 0 bridgehead atoms. The zero-order valence-electron chi connectivity index (χ0n) is 21.5. The van der Waals surface area contributed by atoms with Crippen molar-refractivity contribution >= 4 is 22.7 Å². The van der Waals surface area contributed by atoms with Crippen molar-refractivity contribution in [3.05, 3.63) is 65.4 Å². The molecule has 2 heterocycles.